The molecular weight excluding hydrogens is 392 g/mol. The summed E-state index contributed by atoms with van der Waals surface area (Å²) in [5.41, 5.74) is 1.59. The van der Waals surface area contributed by atoms with Crippen LogP contribution >= 0.6 is 15.9 Å². The van der Waals surface area contributed by atoms with E-state index in [2.05, 4.69) is 15.9 Å². The highest BCUT2D eigenvalue weighted by Crippen LogP contribution is 2.37. The Morgan fingerprint density at radius 2 is 1.80 bits per heavy atom. The van der Waals surface area contributed by atoms with Gasteiger partial charge >= 0.3 is 5.97 Å². The Hall–Kier alpha value is -2.41. The van der Waals surface area contributed by atoms with Crippen molar-refractivity contribution < 1.29 is 28.5 Å². The van der Waals surface area contributed by atoms with Gasteiger partial charge < -0.3 is 23.7 Å². The van der Waals surface area contributed by atoms with Crippen molar-refractivity contribution in [3.05, 3.63) is 45.9 Å². The van der Waals surface area contributed by atoms with Crippen molar-refractivity contribution >= 4 is 21.9 Å². The molecule has 6 nitrogen and oxygen atoms in total. The molecule has 0 amide bonds. The van der Waals surface area contributed by atoms with Gasteiger partial charge in [0.1, 0.15) is 6.61 Å². The molecule has 0 saturated carbocycles. The first kappa shape index (κ1) is 17.4. The minimum absolute atomic E-state index is 0.141. The summed E-state index contributed by atoms with van der Waals surface area (Å²) in [6, 6.07) is 8.93. The Kier molecular flexibility index (Phi) is 5.33. The summed E-state index contributed by atoms with van der Waals surface area (Å²) in [5.74, 6) is 2.17. The van der Waals surface area contributed by atoms with E-state index >= 15 is 0 Å². The number of ether oxygens (including phenoxy) is 5. The molecule has 0 fully saturated rings. The topological polar surface area (TPSA) is 63.2 Å². The molecule has 3 rings (SSSR count). The van der Waals surface area contributed by atoms with Gasteiger partial charge in [-0.1, -0.05) is 22.0 Å². The van der Waals surface area contributed by atoms with E-state index in [0.717, 1.165) is 15.6 Å². The molecule has 1 aliphatic heterocycles. The average molecular weight is 409 g/mol. The fraction of sp³-hybridized carbons (Fsp3) is 0.278. The number of hydrogen-bond acceptors (Lipinski definition) is 6. The van der Waals surface area contributed by atoms with Gasteiger partial charge in [-0.05, 0) is 29.8 Å². The van der Waals surface area contributed by atoms with E-state index in [1.54, 1.807) is 44.6 Å². The van der Waals surface area contributed by atoms with E-state index in [0.29, 0.717) is 23.0 Å². The summed E-state index contributed by atoms with van der Waals surface area (Å²) < 4.78 is 27.2. The summed E-state index contributed by atoms with van der Waals surface area (Å²) >= 11 is 3.44. The van der Waals surface area contributed by atoms with Crippen LogP contribution in [0.1, 0.15) is 11.1 Å². The Morgan fingerprint density at radius 3 is 2.52 bits per heavy atom. The van der Waals surface area contributed by atoms with Crippen molar-refractivity contribution in [2.24, 2.45) is 0 Å². The average Bonchev–Trinajstić information content (AvgIpc) is 3.06. The van der Waals surface area contributed by atoms with Crippen molar-refractivity contribution in [3.63, 3.8) is 0 Å². The molecule has 1 aliphatic rings. The lowest BCUT2D eigenvalue weighted by molar-refractivity contribution is -0.144. The lowest BCUT2D eigenvalue weighted by Crippen LogP contribution is -2.08. The third kappa shape index (κ3) is 3.99. The maximum Gasteiger partial charge on any atom is 0.310 e. The zero-order valence-corrected chi connectivity index (χ0v) is 15.4. The van der Waals surface area contributed by atoms with Gasteiger partial charge in [0, 0.05) is 10.0 Å². The molecule has 0 radical (unpaired) electrons. The second-order valence-electron chi connectivity index (χ2n) is 5.32. The summed E-state index contributed by atoms with van der Waals surface area (Å²) in [7, 11) is 3.12. The van der Waals surface area contributed by atoms with E-state index in [-0.39, 0.29) is 25.8 Å². The highest BCUT2D eigenvalue weighted by molar-refractivity contribution is 9.10. The minimum Gasteiger partial charge on any atom is -0.493 e. The summed E-state index contributed by atoms with van der Waals surface area (Å²) in [6.45, 7) is 0.341. The van der Waals surface area contributed by atoms with Crippen LogP contribution in [0, 0.1) is 0 Å². The van der Waals surface area contributed by atoms with Crippen LogP contribution in [0.3, 0.4) is 0 Å². The summed E-state index contributed by atoms with van der Waals surface area (Å²) in [4.78, 5) is 12.1. The van der Waals surface area contributed by atoms with Crippen molar-refractivity contribution in [3.8, 4) is 23.0 Å². The quantitative estimate of drug-likeness (QED) is 0.681. The van der Waals surface area contributed by atoms with Gasteiger partial charge in [-0.2, -0.15) is 0 Å². The lowest BCUT2D eigenvalue weighted by Gasteiger charge is -2.10. The fourth-order valence-corrected chi connectivity index (χ4v) is 2.87. The van der Waals surface area contributed by atoms with E-state index in [1.807, 2.05) is 0 Å². The molecule has 0 spiro atoms. The molecule has 0 bridgehead atoms. The SMILES string of the molecule is COc1ccc(CC(=O)OCc2cc3c(cc2Br)OCO3)cc1OC. The van der Waals surface area contributed by atoms with Crippen molar-refractivity contribution in [2.45, 2.75) is 13.0 Å². The number of rotatable bonds is 6. The molecule has 0 unspecified atom stereocenters. The molecule has 25 heavy (non-hydrogen) atoms. The minimum atomic E-state index is -0.336. The Bertz CT molecular complexity index is 789. The van der Waals surface area contributed by atoms with Crippen LogP contribution < -0.4 is 18.9 Å². The predicted molar refractivity (Wildman–Crippen MR) is 93.3 cm³/mol. The first-order chi connectivity index (χ1) is 12.1. The third-order valence-electron chi connectivity index (χ3n) is 3.73. The van der Waals surface area contributed by atoms with Crippen molar-refractivity contribution in [2.75, 3.05) is 21.0 Å². The lowest BCUT2D eigenvalue weighted by atomic mass is 10.1. The van der Waals surface area contributed by atoms with Gasteiger partial charge in [-0.3, -0.25) is 4.79 Å². The Morgan fingerprint density at radius 1 is 1.08 bits per heavy atom. The van der Waals surface area contributed by atoms with Crippen molar-refractivity contribution in [1.82, 2.24) is 0 Å². The van der Waals surface area contributed by atoms with E-state index in [4.69, 9.17) is 23.7 Å². The maximum absolute atomic E-state index is 12.1. The number of methoxy groups -OCH3 is 2. The van der Waals surface area contributed by atoms with E-state index in [1.165, 1.54) is 0 Å². The summed E-state index contributed by atoms with van der Waals surface area (Å²) in [5, 5.41) is 0. The molecule has 0 saturated heterocycles. The molecule has 2 aromatic carbocycles. The monoisotopic (exact) mass is 408 g/mol. The van der Waals surface area contributed by atoms with Gasteiger partial charge in [-0.15, -0.1) is 0 Å². The largest absolute Gasteiger partial charge is 0.493 e. The van der Waals surface area contributed by atoms with Gasteiger partial charge in [-0.25, -0.2) is 0 Å². The van der Waals surface area contributed by atoms with Crippen LogP contribution in [0.15, 0.2) is 34.8 Å². The van der Waals surface area contributed by atoms with E-state index in [9.17, 15) is 4.79 Å². The van der Waals surface area contributed by atoms with Crippen LogP contribution in [0.25, 0.3) is 0 Å². The maximum atomic E-state index is 12.1. The first-order valence-electron chi connectivity index (χ1n) is 7.55. The number of esters is 1. The zero-order valence-electron chi connectivity index (χ0n) is 13.8. The number of benzene rings is 2. The molecule has 2 aromatic rings. The molecule has 7 heteroatoms. The number of halogens is 1. The number of fused-ring (bicyclic) bond motifs is 1. The first-order valence-corrected chi connectivity index (χ1v) is 8.34. The van der Waals surface area contributed by atoms with Crippen LogP contribution in [-0.4, -0.2) is 27.0 Å². The van der Waals surface area contributed by atoms with Crippen LogP contribution in [0.5, 0.6) is 23.0 Å². The number of hydrogen-bond donors (Lipinski definition) is 0. The molecule has 0 aliphatic carbocycles. The molecule has 0 N–H and O–H groups in total. The summed E-state index contributed by atoms with van der Waals surface area (Å²) in [6.07, 6.45) is 0.141. The molecule has 0 aromatic heterocycles. The van der Waals surface area contributed by atoms with Crippen molar-refractivity contribution in [1.29, 1.82) is 0 Å². The van der Waals surface area contributed by atoms with E-state index < -0.39 is 0 Å². The van der Waals surface area contributed by atoms with Gasteiger partial charge in [0.05, 0.1) is 20.6 Å². The highest BCUT2D eigenvalue weighted by Gasteiger charge is 2.17. The van der Waals surface area contributed by atoms with Gasteiger partial charge in [0.2, 0.25) is 6.79 Å². The number of carbonyl (C=O) groups excluding carboxylic acids is 1. The molecule has 0 atom stereocenters. The second kappa shape index (κ2) is 7.65. The molecule has 1 heterocycles. The normalized spacial score (nSPS) is 12.0. The predicted octanol–water partition coefficient (Wildman–Crippen LogP) is 3.48. The Balaban J connectivity index is 1.62. The second-order valence-corrected chi connectivity index (χ2v) is 6.18. The fourth-order valence-electron chi connectivity index (χ4n) is 2.44. The number of carbonyl (C=O) groups is 1. The van der Waals surface area contributed by atoms with Crippen LogP contribution in [-0.2, 0) is 22.6 Å². The van der Waals surface area contributed by atoms with Gasteiger partial charge in [0.15, 0.2) is 23.0 Å². The molecule has 132 valence electrons. The third-order valence-corrected chi connectivity index (χ3v) is 4.46. The smallest absolute Gasteiger partial charge is 0.310 e. The standard InChI is InChI=1S/C18H17BrO6/c1-21-14-4-3-11(5-15(14)22-2)6-18(20)23-9-12-7-16-17(8-13(12)19)25-10-24-16/h3-5,7-8H,6,9-10H2,1-2H3. The highest BCUT2D eigenvalue weighted by atomic mass is 79.9. The van der Waals surface area contributed by atoms with Crippen LogP contribution in [0.2, 0.25) is 0 Å². The van der Waals surface area contributed by atoms with Crippen LogP contribution in [0.4, 0.5) is 0 Å². The zero-order chi connectivity index (χ0) is 17.8. The molecular formula is C18H17BrO6. The Labute approximate surface area is 153 Å². The van der Waals surface area contributed by atoms with Gasteiger partial charge in [0.25, 0.3) is 0 Å².